The van der Waals surface area contributed by atoms with Gasteiger partial charge in [-0.25, -0.2) is 4.39 Å². The molecule has 6 heteroatoms. The van der Waals surface area contributed by atoms with E-state index >= 15 is 0 Å². The standard InChI is InChI=1S/C24H22F4N2/c25-20-7-4-8-22(15-20)30(21-11-9-19(10-12-21)24(26,27)28)23-13-14-29(17-23)16-18-5-2-1-3-6-18/h1-12,15,23H,13-14,16-17H2. The number of anilines is 2. The smallest absolute Gasteiger partial charge is 0.337 e. The van der Waals surface area contributed by atoms with Crippen LogP contribution in [0, 0.1) is 5.82 Å². The van der Waals surface area contributed by atoms with Crippen LogP contribution in [0.3, 0.4) is 0 Å². The SMILES string of the molecule is Fc1cccc(N(c2ccc(C(F)(F)F)cc2)C2CCN(Cc3ccccc3)C2)c1. The number of rotatable bonds is 5. The van der Waals surface area contributed by atoms with Crippen LogP contribution in [-0.2, 0) is 12.7 Å². The van der Waals surface area contributed by atoms with E-state index in [1.165, 1.54) is 29.8 Å². The first-order valence-electron chi connectivity index (χ1n) is 9.88. The Hall–Kier alpha value is -2.86. The van der Waals surface area contributed by atoms with Crippen LogP contribution in [0.1, 0.15) is 17.5 Å². The lowest BCUT2D eigenvalue weighted by atomic mass is 10.1. The fraction of sp³-hybridized carbons (Fsp3) is 0.250. The van der Waals surface area contributed by atoms with Gasteiger partial charge in [0.15, 0.2) is 0 Å². The maximum absolute atomic E-state index is 13.9. The number of benzene rings is 3. The molecule has 0 radical (unpaired) electrons. The zero-order valence-electron chi connectivity index (χ0n) is 16.3. The summed E-state index contributed by atoms with van der Waals surface area (Å²) in [5.74, 6) is -0.372. The Bertz CT molecular complexity index is 971. The normalized spacial score (nSPS) is 17.3. The molecular formula is C24H22F4N2. The van der Waals surface area contributed by atoms with Crippen molar-refractivity contribution >= 4 is 11.4 Å². The van der Waals surface area contributed by atoms with Crippen molar-refractivity contribution in [3.63, 3.8) is 0 Å². The van der Waals surface area contributed by atoms with Gasteiger partial charge in [-0.1, -0.05) is 36.4 Å². The molecule has 0 saturated carbocycles. The summed E-state index contributed by atoms with van der Waals surface area (Å²) in [5, 5.41) is 0. The van der Waals surface area contributed by atoms with Crippen molar-refractivity contribution in [3.05, 3.63) is 95.8 Å². The second kappa shape index (κ2) is 8.48. The van der Waals surface area contributed by atoms with Gasteiger partial charge in [0.1, 0.15) is 5.82 Å². The molecule has 0 bridgehead atoms. The highest BCUT2D eigenvalue weighted by molar-refractivity contribution is 5.65. The summed E-state index contributed by atoms with van der Waals surface area (Å²) in [7, 11) is 0. The van der Waals surface area contributed by atoms with E-state index in [2.05, 4.69) is 17.0 Å². The number of hydrogen-bond acceptors (Lipinski definition) is 2. The summed E-state index contributed by atoms with van der Waals surface area (Å²) in [6.45, 7) is 2.42. The first kappa shape index (κ1) is 20.4. The van der Waals surface area contributed by atoms with Crippen LogP contribution in [0.5, 0.6) is 0 Å². The number of hydrogen-bond donors (Lipinski definition) is 0. The van der Waals surface area contributed by atoms with Gasteiger partial charge in [-0.15, -0.1) is 0 Å². The molecule has 3 aromatic rings. The first-order chi connectivity index (χ1) is 14.4. The van der Waals surface area contributed by atoms with Gasteiger partial charge in [-0.05, 0) is 54.4 Å². The monoisotopic (exact) mass is 414 g/mol. The lowest BCUT2D eigenvalue weighted by molar-refractivity contribution is -0.137. The molecule has 156 valence electrons. The zero-order chi connectivity index (χ0) is 21.1. The minimum Gasteiger partial charge on any atom is -0.337 e. The number of likely N-dealkylation sites (tertiary alicyclic amines) is 1. The van der Waals surface area contributed by atoms with Crippen LogP contribution < -0.4 is 4.90 Å². The molecular weight excluding hydrogens is 392 g/mol. The third kappa shape index (κ3) is 4.65. The molecule has 4 rings (SSSR count). The fourth-order valence-corrected chi connectivity index (χ4v) is 4.02. The molecule has 1 unspecified atom stereocenters. The lowest BCUT2D eigenvalue weighted by Crippen LogP contribution is -2.34. The molecule has 1 aliphatic rings. The second-order valence-corrected chi connectivity index (χ2v) is 7.56. The molecule has 1 atom stereocenters. The Balaban J connectivity index is 1.60. The topological polar surface area (TPSA) is 6.48 Å². The molecule has 30 heavy (non-hydrogen) atoms. The Labute approximate surface area is 173 Å². The quantitative estimate of drug-likeness (QED) is 0.455. The van der Waals surface area contributed by atoms with Crippen molar-refractivity contribution in [1.29, 1.82) is 0 Å². The van der Waals surface area contributed by atoms with Crippen LogP contribution in [0.2, 0.25) is 0 Å². The summed E-state index contributed by atoms with van der Waals surface area (Å²) in [4.78, 5) is 4.27. The molecule has 1 saturated heterocycles. The van der Waals surface area contributed by atoms with E-state index < -0.39 is 11.7 Å². The van der Waals surface area contributed by atoms with Gasteiger partial charge in [0.25, 0.3) is 0 Å². The summed E-state index contributed by atoms with van der Waals surface area (Å²) in [6, 6.07) is 21.5. The zero-order valence-corrected chi connectivity index (χ0v) is 16.3. The van der Waals surface area contributed by atoms with Crippen LogP contribution in [-0.4, -0.2) is 24.0 Å². The van der Waals surface area contributed by atoms with Gasteiger partial charge in [0, 0.05) is 37.1 Å². The molecule has 1 aliphatic heterocycles. The Morgan fingerprint density at radius 1 is 0.867 bits per heavy atom. The summed E-state index contributed by atoms with van der Waals surface area (Å²) in [5.41, 5.74) is 1.79. The number of nitrogens with zero attached hydrogens (tertiary/aromatic N) is 2. The maximum atomic E-state index is 13.9. The van der Waals surface area contributed by atoms with Gasteiger partial charge >= 0.3 is 6.18 Å². The third-order valence-electron chi connectivity index (χ3n) is 5.42. The lowest BCUT2D eigenvalue weighted by Gasteiger charge is -2.32. The largest absolute Gasteiger partial charge is 0.416 e. The molecule has 0 N–H and O–H groups in total. The van der Waals surface area contributed by atoms with E-state index in [9.17, 15) is 17.6 Å². The van der Waals surface area contributed by atoms with E-state index in [1.54, 1.807) is 12.1 Å². The van der Waals surface area contributed by atoms with Crippen molar-refractivity contribution < 1.29 is 17.6 Å². The number of alkyl halides is 3. The molecule has 0 aliphatic carbocycles. The highest BCUT2D eigenvalue weighted by atomic mass is 19.4. The van der Waals surface area contributed by atoms with Gasteiger partial charge < -0.3 is 4.90 Å². The van der Waals surface area contributed by atoms with Crippen molar-refractivity contribution in [2.24, 2.45) is 0 Å². The highest BCUT2D eigenvalue weighted by Gasteiger charge is 2.32. The average molecular weight is 414 g/mol. The Kier molecular flexibility index (Phi) is 5.77. The molecule has 1 fully saturated rings. The third-order valence-corrected chi connectivity index (χ3v) is 5.42. The minimum absolute atomic E-state index is 0.0345. The van der Waals surface area contributed by atoms with E-state index in [1.807, 2.05) is 23.1 Å². The predicted molar refractivity (Wildman–Crippen MR) is 110 cm³/mol. The van der Waals surface area contributed by atoms with Gasteiger partial charge in [0.2, 0.25) is 0 Å². The van der Waals surface area contributed by atoms with Crippen molar-refractivity contribution in [2.45, 2.75) is 25.2 Å². The minimum atomic E-state index is -4.39. The van der Waals surface area contributed by atoms with Crippen LogP contribution >= 0.6 is 0 Å². The van der Waals surface area contributed by atoms with Crippen LogP contribution in [0.25, 0.3) is 0 Å². The van der Waals surface area contributed by atoms with Gasteiger partial charge in [0.05, 0.1) is 5.56 Å². The molecule has 2 nitrogen and oxygen atoms in total. The second-order valence-electron chi connectivity index (χ2n) is 7.56. The first-order valence-corrected chi connectivity index (χ1v) is 9.88. The number of halogens is 4. The Morgan fingerprint density at radius 2 is 1.60 bits per heavy atom. The average Bonchev–Trinajstić information content (AvgIpc) is 3.17. The van der Waals surface area contributed by atoms with E-state index in [-0.39, 0.29) is 11.9 Å². The molecule has 1 heterocycles. The Morgan fingerprint density at radius 3 is 2.27 bits per heavy atom. The van der Waals surface area contributed by atoms with Crippen molar-refractivity contribution in [3.8, 4) is 0 Å². The fourth-order valence-electron chi connectivity index (χ4n) is 4.02. The highest BCUT2D eigenvalue weighted by Crippen LogP contribution is 2.35. The van der Waals surface area contributed by atoms with Gasteiger partial charge in [-0.2, -0.15) is 13.2 Å². The van der Waals surface area contributed by atoms with E-state index in [0.29, 0.717) is 11.4 Å². The van der Waals surface area contributed by atoms with Crippen molar-refractivity contribution in [1.82, 2.24) is 4.90 Å². The van der Waals surface area contributed by atoms with Crippen molar-refractivity contribution in [2.75, 3.05) is 18.0 Å². The molecule has 0 aromatic heterocycles. The predicted octanol–water partition coefficient (Wildman–Crippen LogP) is 6.26. The van der Waals surface area contributed by atoms with E-state index in [4.69, 9.17) is 0 Å². The maximum Gasteiger partial charge on any atom is 0.416 e. The summed E-state index contributed by atoms with van der Waals surface area (Å²) >= 11 is 0. The summed E-state index contributed by atoms with van der Waals surface area (Å²) in [6.07, 6.45) is -3.55. The van der Waals surface area contributed by atoms with Crippen LogP contribution in [0.15, 0.2) is 78.9 Å². The molecule has 0 spiro atoms. The van der Waals surface area contributed by atoms with Gasteiger partial charge in [-0.3, -0.25) is 4.90 Å². The summed E-state index contributed by atoms with van der Waals surface area (Å²) < 4.78 is 52.9. The molecule has 0 amide bonds. The van der Waals surface area contributed by atoms with Crippen LogP contribution in [0.4, 0.5) is 28.9 Å². The van der Waals surface area contributed by atoms with E-state index in [0.717, 1.165) is 38.2 Å². The molecule has 3 aromatic carbocycles.